The normalized spacial score (nSPS) is 12.4. The van der Waals surface area contributed by atoms with Crippen molar-refractivity contribution in [1.29, 1.82) is 0 Å². The van der Waals surface area contributed by atoms with Crippen LogP contribution in [0, 0.1) is 0 Å². The summed E-state index contributed by atoms with van der Waals surface area (Å²) in [4.78, 5) is 0. The third kappa shape index (κ3) is 4.06. The first-order valence-corrected chi connectivity index (χ1v) is 7.61. The minimum atomic E-state index is 0.267. The zero-order valence-electron chi connectivity index (χ0n) is 10.5. The van der Waals surface area contributed by atoms with Crippen LogP contribution in [0.25, 0.3) is 0 Å². The van der Waals surface area contributed by atoms with E-state index in [0.29, 0.717) is 0 Å². The highest BCUT2D eigenvalue weighted by Crippen LogP contribution is 2.24. The highest BCUT2D eigenvalue weighted by molar-refractivity contribution is 9.10. The SMILES string of the molecule is C[C@H](NCc1ccc(O)c(Br)c1)c1cccc(Br)c1. The number of benzene rings is 2. The summed E-state index contributed by atoms with van der Waals surface area (Å²) in [5.41, 5.74) is 2.37. The van der Waals surface area contributed by atoms with E-state index < -0.39 is 0 Å². The Hall–Kier alpha value is -0.840. The van der Waals surface area contributed by atoms with Gasteiger partial charge < -0.3 is 10.4 Å². The lowest BCUT2D eigenvalue weighted by atomic mass is 10.1. The van der Waals surface area contributed by atoms with Crippen molar-refractivity contribution in [2.75, 3.05) is 0 Å². The molecule has 2 rings (SSSR count). The molecule has 0 aliphatic heterocycles. The quantitative estimate of drug-likeness (QED) is 0.795. The van der Waals surface area contributed by atoms with E-state index >= 15 is 0 Å². The Morgan fingerprint density at radius 3 is 2.63 bits per heavy atom. The minimum absolute atomic E-state index is 0.267. The van der Waals surface area contributed by atoms with Crippen molar-refractivity contribution in [3.8, 4) is 5.75 Å². The largest absolute Gasteiger partial charge is 0.507 e. The number of halogens is 2. The topological polar surface area (TPSA) is 32.3 Å². The summed E-state index contributed by atoms with van der Waals surface area (Å²) in [7, 11) is 0. The van der Waals surface area contributed by atoms with E-state index in [1.54, 1.807) is 6.07 Å². The highest BCUT2D eigenvalue weighted by atomic mass is 79.9. The molecule has 0 saturated heterocycles. The summed E-state index contributed by atoms with van der Waals surface area (Å²) < 4.78 is 1.81. The fourth-order valence-electron chi connectivity index (χ4n) is 1.83. The molecule has 0 radical (unpaired) electrons. The highest BCUT2D eigenvalue weighted by Gasteiger charge is 2.06. The lowest BCUT2D eigenvalue weighted by Crippen LogP contribution is -2.18. The lowest BCUT2D eigenvalue weighted by Gasteiger charge is -2.15. The molecule has 0 fully saturated rings. The maximum atomic E-state index is 9.46. The first-order valence-electron chi connectivity index (χ1n) is 6.02. The van der Waals surface area contributed by atoms with Crippen molar-refractivity contribution in [2.45, 2.75) is 19.5 Å². The van der Waals surface area contributed by atoms with E-state index in [1.165, 1.54) is 5.56 Å². The first kappa shape index (κ1) is 14.6. The fourth-order valence-corrected chi connectivity index (χ4v) is 2.67. The summed E-state index contributed by atoms with van der Waals surface area (Å²) in [6.45, 7) is 2.89. The van der Waals surface area contributed by atoms with E-state index in [2.05, 4.69) is 56.2 Å². The second-order valence-electron chi connectivity index (χ2n) is 4.44. The third-order valence-corrected chi connectivity index (χ3v) is 4.10. The van der Waals surface area contributed by atoms with Gasteiger partial charge in [-0.15, -0.1) is 0 Å². The number of nitrogens with one attached hydrogen (secondary N) is 1. The maximum absolute atomic E-state index is 9.46. The molecule has 100 valence electrons. The van der Waals surface area contributed by atoms with E-state index in [4.69, 9.17) is 0 Å². The molecule has 2 aromatic carbocycles. The molecule has 1 atom stereocenters. The molecular weight excluding hydrogens is 370 g/mol. The standard InChI is InChI=1S/C15H15Br2NO/c1-10(12-3-2-4-13(16)8-12)18-9-11-5-6-15(19)14(17)7-11/h2-8,10,18-19H,9H2,1H3/t10-/m0/s1. The van der Waals surface area contributed by atoms with E-state index in [9.17, 15) is 5.11 Å². The van der Waals surface area contributed by atoms with Crippen molar-refractivity contribution >= 4 is 31.9 Å². The van der Waals surface area contributed by atoms with E-state index in [-0.39, 0.29) is 11.8 Å². The number of rotatable bonds is 4. The summed E-state index contributed by atoms with van der Waals surface area (Å²) in [6, 6.07) is 14.1. The molecule has 2 aromatic rings. The van der Waals surface area contributed by atoms with Gasteiger partial charge in [0.1, 0.15) is 5.75 Å². The molecule has 0 unspecified atom stereocenters. The third-order valence-electron chi connectivity index (χ3n) is 2.97. The molecular formula is C15H15Br2NO. The Balaban J connectivity index is 2.00. The van der Waals surface area contributed by atoms with Crippen LogP contribution in [0.4, 0.5) is 0 Å². The predicted octanol–water partition coefficient (Wildman–Crippen LogP) is 4.77. The molecule has 19 heavy (non-hydrogen) atoms. The summed E-state index contributed by atoms with van der Waals surface area (Å²) in [5.74, 6) is 0.267. The molecule has 4 heteroatoms. The van der Waals surface area contributed by atoms with Crippen LogP contribution in [-0.4, -0.2) is 5.11 Å². The van der Waals surface area contributed by atoms with Crippen LogP contribution in [0.2, 0.25) is 0 Å². The van der Waals surface area contributed by atoms with Crippen molar-refractivity contribution in [1.82, 2.24) is 5.32 Å². The van der Waals surface area contributed by atoms with Crippen LogP contribution in [-0.2, 0) is 6.54 Å². The molecule has 0 spiro atoms. The van der Waals surface area contributed by atoms with Gasteiger partial charge in [0.15, 0.2) is 0 Å². The average molecular weight is 385 g/mol. The Labute approximate surface area is 130 Å². The van der Waals surface area contributed by atoms with Gasteiger partial charge in [-0.05, 0) is 58.2 Å². The van der Waals surface area contributed by atoms with Crippen LogP contribution in [0.5, 0.6) is 5.75 Å². The first-order chi connectivity index (χ1) is 9.06. The van der Waals surface area contributed by atoms with Gasteiger partial charge in [0.05, 0.1) is 4.47 Å². The number of aromatic hydroxyl groups is 1. The Bertz CT molecular complexity index is 572. The number of phenolic OH excluding ortho intramolecular Hbond substituents is 1. The molecule has 2 nitrogen and oxygen atoms in total. The predicted molar refractivity (Wildman–Crippen MR) is 85.2 cm³/mol. The zero-order chi connectivity index (χ0) is 13.8. The van der Waals surface area contributed by atoms with Crippen molar-refractivity contribution < 1.29 is 5.11 Å². The van der Waals surface area contributed by atoms with Crippen LogP contribution in [0.15, 0.2) is 51.4 Å². The van der Waals surface area contributed by atoms with Crippen LogP contribution in [0.1, 0.15) is 24.1 Å². The molecule has 0 saturated carbocycles. The van der Waals surface area contributed by atoms with Gasteiger partial charge in [-0.25, -0.2) is 0 Å². The van der Waals surface area contributed by atoms with Crippen LogP contribution < -0.4 is 5.32 Å². The number of hydrogen-bond acceptors (Lipinski definition) is 2. The monoisotopic (exact) mass is 383 g/mol. The summed E-state index contributed by atoms with van der Waals surface area (Å²) >= 11 is 6.81. The molecule has 0 aliphatic carbocycles. The Kier molecular flexibility index (Phi) is 5.02. The molecule has 2 N–H and O–H groups in total. The smallest absolute Gasteiger partial charge is 0.129 e. The average Bonchev–Trinajstić information content (AvgIpc) is 2.40. The summed E-state index contributed by atoms with van der Waals surface area (Å²) in [6.07, 6.45) is 0. The Morgan fingerprint density at radius 2 is 1.95 bits per heavy atom. The number of hydrogen-bond donors (Lipinski definition) is 2. The van der Waals surface area contributed by atoms with E-state index in [0.717, 1.165) is 21.1 Å². The Morgan fingerprint density at radius 1 is 1.16 bits per heavy atom. The van der Waals surface area contributed by atoms with Crippen molar-refractivity contribution in [3.63, 3.8) is 0 Å². The molecule has 0 bridgehead atoms. The second-order valence-corrected chi connectivity index (χ2v) is 6.21. The molecule has 0 heterocycles. The van der Waals surface area contributed by atoms with Gasteiger partial charge in [-0.3, -0.25) is 0 Å². The van der Waals surface area contributed by atoms with Gasteiger partial charge in [-0.2, -0.15) is 0 Å². The van der Waals surface area contributed by atoms with Crippen molar-refractivity contribution in [2.24, 2.45) is 0 Å². The van der Waals surface area contributed by atoms with Gasteiger partial charge in [-0.1, -0.05) is 34.1 Å². The minimum Gasteiger partial charge on any atom is -0.507 e. The molecule has 0 aliphatic rings. The molecule has 0 amide bonds. The van der Waals surface area contributed by atoms with E-state index in [1.807, 2.05) is 24.3 Å². The lowest BCUT2D eigenvalue weighted by molar-refractivity contribution is 0.471. The van der Waals surface area contributed by atoms with Crippen LogP contribution >= 0.6 is 31.9 Å². The summed E-state index contributed by atoms with van der Waals surface area (Å²) in [5, 5.41) is 12.9. The van der Waals surface area contributed by atoms with Gasteiger partial charge in [0.2, 0.25) is 0 Å². The fraction of sp³-hybridized carbons (Fsp3) is 0.200. The van der Waals surface area contributed by atoms with Crippen LogP contribution in [0.3, 0.4) is 0 Å². The number of phenols is 1. The maximum Gasteiger partial charge on any atom is 0.129 e. The zero-order valence-corrected chi connectivity index (χ0v) is 13.7. The second kappa shape index (κ2) is 6.55. The molecule has 0 aromatic heterocycles. The van der Waals surface area contributed by atoms with Gasteiger partial charge in [0, 0.05) is 17.1 Å². The van der Waals surface area contributed by atoms with Gasteiger partial charge >= 0.3 is 0 Å². The van der Waals surface area contributed by atoms with Crippen molar-refractivity contribution in [3.05, 3.63) is 62.5 Å². The van der Waals surface area contributed by atoms with Gasteiger partial charge in [0.25, 0.3) is 0 Å².